The van der Waals surface area contributed by atoms with Gasteiger partial charge in [-0.05, 0) is 62.9 Å². The van der Waals surface area contributed by atoms with Crippen LogP contribution in [0.4, 0.5) is 16.4 Å². The number of carbonyl (C=O) groups excluding carboxylic acids is 1. The molecule has 1 aromatic heterocycles. The number of rotatable bonds is 5. The third-order valence-corrected chi connectivity index (χ3v) is 4.65. The Hall–Kier alpha value is -2.83. The molecule has 0 spiro atoms. The summed E-state index contributed by atoms with van der Waals surface area (Å²) in [5.41, 5.74) is 3.41. The molecule has 144 valence electrons. The molecule has 1 saturated heterocycles. The van der Waals surface area contributed by atoms with Gasteiger partial charge >= 0.3 is 6.03 Å². The zero-order chi connectivity index (χ0) is 19.2. The van der Waals surface area contributed by atoms with Crippen LogP contribution in [0.2, 0.25) is 0 Å². The van der Waals surface area contributed by atoms with Crippen molar-refractivity contribution in [3.63, 3.8) is 0 Å². The van der Waals surface area contributed by atoms with Crippen LogP contribution in [0.15, 0.2) is 24.3 Å². The van der Waals surface area contributed by atoms with Crippen LogP contribution in [-0.2, 0) is 6.54 Å². The fourth-order valence-corrected chi connectivity index (χ4v) is 3.18. The zero-order valence-electron chi connectivity index (χ0n) is 16.2. The number of aryl methyl sites for hydroxylation is 2. The molecule has 27 heavy (non-hydrogen) atoms. The SMILES string of the molecule is COc1ccc(NC(=O)NCc2cc(C)nc(N3CCCCC3)n2)c(C)c1. The predicted molar refractivity (Wildman–Crippen MR) is 106 cm³/mol. The number of aromatic nitrogens is 2. The fourth-order valence-electron chi connectivity index (χ4n) is 3.18. The minimum absolute atomic E-state index is 0.265. The molecule has 1 aliphatic rings. The smallest absolute Gasteiger partial charge is 0.319 e. The highest BCUT2D eigenvalue weighted by Gasteiger charge is 2.15. The van der Waals surface area contributed by atoms with Gasteiger partial charge < -0.3 is 20.3 Å². The van der Waals surface area contributed by atoms with Crippen LogP contribution in [0.5, 0.6) is 5.75 Å². The van der Waals surface area contributed by atoms with E-state index >= 15 is 0 Å². The summed E-state index contributed by atoms with van der Waals surface area (Å²) in [4.78, 5) is 23.7. The van der Waals surface area contributed by atoms with Gasteiger partial charge in [-0.15, -0.1) is 0 Å². The van der Waals surface area contributed by atoms with E-state index in [0.29, 0.717) is 6.54 Å². The lowest BCUT2D eigenvalue weighted by Crippen LogP contribution is -2.32. The molecule has 2 aromatic rings. The molecule has 7 heteroatoms. The van der Waals surface area contributed by atoms with Crippen LogP contribution in [0, 0.1) is 13.8 Å². The van der Waals surface area contributed by atoms with Crippen LogP contribution in [0.3, 0.4) is 0 Å². The lowest BCUT2D eigenvalue weighted by molar-refractivity contribution is 0.251. The summed E-state index contributed by atoms with van der Waals surface area (Å²) in [5.74, 6) is 1.53. The van der Waals surface area contributed by atoms with Gasteiger partial charge in [0.25, 0.3) is 0 Å². The van der Waals surface area contributed by atoms with Gasteiger partial charge in [0.15, 0.2) is 0 Å². The number of nitrogens with zero attached hydrogens (tertiary/aromatic N) is 3. The van der Waals surface area contributed by atoms with Crippen molar-refractivity contribution in [1.82, 2.24) is 15.3 Å². The maximum Gasteiger partial charge on any atom is 0.319 e. The van der Waals surface area contributed by atoms with E-state index < -0.39 is 0 Å². The van der Waals surface area contributed by atoms with Gasteiger partial charge in [0.2, 0.25) is 5.95 Å². The van der Waals surface area contributed by atoms with Gasteiger partial charge in [0.1, 0.15) is 5.75 Å². The number of nitrogens with one attached hydrogen (secondary N) is 2. The number of urea groups is 1. The third kappa shape index (κ3) is 5.09. The summed E-state index contributed by atoms with van der Waals surface area (Å²) < 4.78 is 5.19. The van der Waals surface area contributed by atoms with E-state index in [9.17, 15) is 4.79 Å². The molecule has 0 radical (unpaired) electrons. The maximum atomic E-state index is 12.3. The Kier molecular flexibility index (Phi) is 6.11. The van der Waals surface area contributed by atoms with Crippen molar-refractivity contribution in [2.24, 2.45) is 0 Å². The third-order valence-electron chi connectivity index (χ3n) is 4.65. The average Bonchev–Trinajstić information content (AvgIpc) is 2.68. The Bertz CT molecular complexity index is 803. The minimum Gasteiger partial charge on any atom is -0.497 e. The van der Waals surface area contributed by atoms with E-state index in [1.807, 2.05) is 38.1 Å². The molecule has 2 amide bonds. The largest absolute Gasteiger partial charge is 0.497 e. The summed E-state index contributed by atoms with van der Waals surface area (Å²) >= 11 is 0. The monoisotopic (exact) mass is 369 g/mol. The summed E-state index contributed by atoms with van der Waals surface area (Å²) in [6.07, 6.45) is 3.62. The average molecular weight is 369 g/mol. The van der Waals surface area contributed by atoms with Gasteiger partial charge in [-0.3, -0.25) is 0 Å². The summed E-state index contributed by atoms with van der Waals surface area (Å²) in [7, 11) is 1.62. The molecular formula is C20H27N5O2. The quantitative estimate of drug-likeness (QED) is 0.844. The summed E-state index contributed by atoms with van der Waals surface area (Å²) in [5, 5.41) is 5.74. The van der Waals surface area contributed by atoms with Crippen molar-refractivity contribution >= 4 is 17.7 Å². The van der Waals surface area contributed by atoms with Crippen molar-refractivity contribution in [2.45, 2.75) is 39.7 Å². The number of ether oxygens (including phenoxy) is 1. The lowest BCUT2D eigenvalue weighted by atomic mass is 10.1. The first kappa shape index (κ1) is 18.9. The van der Waals surface area contributed by atoms with Gasteiger partial charge in [-0.2, -0.15) is 0 Å². The van der Waals surface area contributed by atoms with E-state index in [-0.39, 0.29) is 6.03 Å². The molecule has 3 rings (SSSR count). The van der Waals surface area contributed by atoms with Crippen molar-refractivity contribution in [2.75, 3.05) is 30.4 Å². The number of amides is 2. The van der Waals surface area contributed by atoms with Gasteiger partial charge in [-0.1, -0.05) is 0 Å². The van der Waals surface area contributed by atoms with Crippen molar-refractivity contribution in [3.05, 3.63) is 41.2 Å². The molecule has 2 N–H and O–H groups in total. The van der Waals surface area contributed by atoms with Crippen LogP contribution >= 0.6 is 0 Å². The second-order valence-electron chi connectivity index (χ2n) is 6.84. The van der Waals surface area contributed by atoms with Crippen LogP contribution in [0.25, 0.3) is 0 Å². The second-order valence-corrected chi connectivity index (χ2v) is 6.84. The molecule has 0 unspecified atom stereocenters. The molecule has 1 aliphatic heterocycles. The Morgan fingerprint density at radius 1 is 1.15 bits per heavy atom. The van der Waals surface area contributed by atoms with E-state index in [2.05, 4.69) is 25.5 Å². The molecule has 2 heterocycles. The van der Waals surface area contributed by atoms with Gasteiger partial charge in [0.05, 0.1) is 19.3 Å². The highest BCUT2D eigenvalue weighted by molar-refractivity contribution is 5.90. The van der Waals surface area contributed by atoms with Gasteiger partial charge in [0, 0.05) is 24.5 Å². The first-order valence-corrected chi connectivity index (χ1v) is 9.34. The summed E-state index contributed by atoms with van der Waals surface area (Å²) in [6.45, 7) is 6.22. The highest BCUT2D eigenvalue weighted by atomic mass is 16.5. The van der Waals surface area contributed by atoms with Crippen LogP contribution in [0.1, 0.15) is 36.2 Å². The number of methoxy groups -OCH3 is 1. The van der Waals surface area contributed by atoms with E-state index in [1.165, 1.54) is 19.3 Å². The highest BCUT2D eigenvalue weighted by Crippen LogP contribution is 2.21. The predicted octanol–water partition coefficient (Wildman–Crippen LogP) is 3.41. The zero-order valence-corrected chi connectivity index (χ0v) is 16.2. The molecule has 0 saturated carbocycles. The lowest BCUT2D eigenvalue weighted by Gasteiger charge is -2.27. The Labute approximate surface area is 160 Å². The Balaban J connectivity index is 1.60. The van der Waals surface area contributed by atoms with Crippen molar-refractivity contribution in [3.8, 4) is 5.75 Å². The van der Waals surface area contributed by atoms with E-state index in [0.717, 1.165) is 47.4 Å². The fraction of sp³-hybridized carbons (Fsp3) is 0.450. The summed E-state index contributed by atoms with van der Waals surface area (Å²) in [6, 6.07) is 7.18. The first-order valence-electron chi connectivity index (χ1n) is 9.34. The number of hydrogen-bond donors (Lipinski definition) is 2. The molecular weight excluding hydrogens is 342 g/mol. The standard InChI is InChI=1S/C20H27N5O2/c1-14-11-17(27-3)7-8-18(14)24-20(26)21-13-16-12-15(2)22-19(23-16)25-9-5-4-6-10-25/h7-8,11-12H,4-6,9-10,13H2,1-3H3,(H2,21,24,26). The Morgan fingerprint density at radius 2 is 1.93 bits per heavy atom. The first-order chi connectivity index (χ1) is 13.0. The second kappa shape index (κ2) is 8.70. The minimum atomic E-state index is -0.265. The number of carbonyl (C=O) groups is 1. The maximum absolute atomic E-state index is 12.3. The molecule has 0 atom stereocenters. The van der Waals surface area contributed by atoms with Gasteiger partial charge in [-0.25, -0.2) is 14.8 Å². The van der Waals surface area contributed by atoms with E-state index in [1.54, 1.807) is 7.11 Å². The molecule has 1 aromatic carbocycles. The normalized spacial score (nSPS) is 14.0. The molecule has 0 aliphatic carbocycles. The number of hydrogen-bond acceptors (Lipinski definition) is 5. The number of benzene rings is 1. The van der Waals surface area contributed by atoms with Crippen molar-refractivity contribution < 1.29 is 9.53 Å². The topological polar surface area (TPSA) is 79.4 Å². The molecule has 0 bridgehead atoms. The number of piperidine rings is 1. The van der Waals surface area contributed by atoms with Crippen molar-refractivity contribution in [1.29, 1.82) is 0 Å². The van der Waals surface area contributed by atoms with Crippen LogP contribution in [-0.4, -0.2) is 36.2 Å². The Morgan fingerprint density at radius 3 is 2.63 bits per heavy atom. The van der Waals surface area contributed by atoms with E-state index in [4.69, 9.17) is 4.74 Å². The number of anilines is 2. The van der Waals surface area contributed by atoms with Crippen LogP contribution < -0.4 is 20.3 Å². The molecule has 7 nitrogen and oxygen atoms in total. The molecule has 1 fully saturated rings.